The van der Waals surface area contributed by atoms with Gasteiger partial charge in [0.25, 0.3) is 0 Å². The largest absolute Gasteiger partial charge is 0.394 e. The summed E-state index contributed by atoms with van der Waals surface area (Å²) in [4.78, 5) is 0. The quantitative estimate of drug-likeness (QED) is 0.338. The van der Waals surface area contributed by atoms with Crippen LogP contribution in [0.1, 0.15) is 0 Å². The Morgan fingerprint density at radius 3 is 2.29 bits per heavy atom. The van der Waals surface area contributed by atoms with Gasteiger partial charge in [-0.2, -0.15) is 0 Å². The Morgan fingerprint density at radius 2 is 1.82 bits per heavy atom. The Morgan fingerprint density at radius 1 is 1.18 bits per heavy atom. The van der Waals surface area contributed by atoms with Gasteiger partial charge in [-0.15, -0.1) is 6.58 Å². The summed E-state index contributed by atoms with van der Waals surface area (Å²) >= 11 is 0. The summed E-state index contributed by atoms with van der Waals surface area (Å²) in [5, 5.41) is 46.4. The zero-order valence-electron chi connectivity index (χ0n) is 9.22. The molecular formula is C10H18O7. The smallest absolute Gasteiger partial charge is 0.187 e. The molecule has 0 amide bonds. The summed E-state index contributed by atoms with van der Waals surface area (Å²) in [7, 11) is 0. The van der Waals surface area contributed by atoms with Gasteiger partial charge in [0, 0.05) is 0 Å². The minimum atomic E-state index is -1.49. The molecule has 0 bridgehead atoms. The number of rotatable bonds is 5. The fraction of sp³-hybridized carbons (Fsp3) is 0.800. The fourth-order valence-electron chi connectivity index (χ4n) is 1.53. The molecular weight excluding hydrogens is 232 g/mol. The van der Waals surface area contributed by atoms with Gasteiger partial charge in [0.05, 0.1) is 13.2 Å². The molecule has 100 valence electrons. The van der Waals surface area contributed by atoms with Crippen LogP contribution in [-0.4, -0.2) is 75.6 Å². The molecule has 4 unspecified atom stereocenters. The molecule has 0 aromatic rings. The van der Waals surface area contributed by atoms with Crippen LogP contribution in [0.3, 0.4) is 0 Å². The van der Waals surface area contributed by atoms with Gasteiger partial charge in [-0.25, -0.2) is 0 Å². The lowest BCUT2D eigenvalue weighted by molar-refractivity contribution is -0.309. The minimum Gasteiger partial charge on any atom is -0.394 e. The van der Waals surface area contributed by atoms with Crippen molar-refractivity contribution in [3.8, 4) is 0 Å². The fourth-order valence-corrected chi connectivity index (χ4v) is 1.53. The van der Waals surface area contributed by atoms with E-state index in [1.807, 2.05) is 0 Å². The van der Waals surface area contributed by atoms with Crippen molar-refractivity contribution in [3.05, 3.63) is 12.7 Å². The molecule has 0 radical (unpaired) electrons. The van der Waals surface area contributed by atoms with E-state index in [9.17, 15) is 15.3 Å². The normalized spacial score (nSPS) is 39.9. The molecule has 5 N–H and O–H groups in total. The van der Waals surface area contributed by atoms with E-state index in [2.05, 4.69) is 6.58 Å². The molecule has 0 aromatic heterocycles. The topological polar surface area (TPSA) is 120 Å². The van der Waals surface area contributed by atoms with Crippen LogP contribution < -0.4 is 0 Å². The maximum absolute atomic E-state index is 9.60. The molecule has 0 aliphatic carbocycles. The van der Waals surface area contributed by atoms with Crippen LogP contribution in [0, 0.1) is 0 Å². The first-order valence-electron chi connectivity index (χ1n) is 5.24. The van der Waals surface area contributed by atoms with Crippen LogP contribution in [0.5, 0.6) is 0 Å². The van der Waals surface area contributed by atoms with Crippen molar-refractivity contribution in [3.63, 3.8) is 0 Å². The predicted molar refractivity (Wildman–Crippen MR) is 55.9 cm³/mol. The molecule has 1 aliphatic rings. The van der Waals surface area contributed by atoms with Crippen molar-refractivity contribution in [1.82, 2.24) is 0 Å². The second kappa shape index (κ2) is 6.41. The van der Waals surface area contributed by atoms with Crippen molar-refractivity contribution in [2.45, 2.75) is 36.8 Å². The predicted octanol–water partition coefficient (Wildman–Crippen LogP) is -2.65. The summed E-state index contributed by atoms with van der Waals surface area (Å²) in [6, 6.07) is 0. The lowest BCUT2D eigenvalue weighted by Crippen LogP contribution is -2.59. The standard InChI is InChI=1S/C10H18O7/c1-2-5(3-11)16-10-9(15)8(14)7(13)6(4-12)17-10/h2,5-15H,1,3-4H2/t5?,6?,7-,8?,9?,10-/m1/s1. The first kappa shape index (κ1) is 14.5. The summed E-state index contributed by atoms with van der Waals surface area (Å²) in [6.45, 7) is 2.52. The van der Waals surface area contributed by atoms with Crippen molar-refractivity contribution >= 4 is 0 Å². The highest BCUT2D eigenvalue weighted by molar-refractivity contribution is 4.90. The maximum atomic E-state index is 9.60. The average Bonchev–Trinajstić information content (AvgIpc) is 2.35. The molecule has 1 aliphatic heterocycles. The highest BCUT2D eigenvalue weighted by atomic mass is 16.7. The van der Waals surface area contributed by atoms with E-state index >= 15 is 0 Å². The average molecular weight is 250 g/mol. The Kier molecular flexibility index (Phi) is 5.47. The van der Waals surface area contributed by atoms with Crippen LogP contribution >= 0.6 is 0 Å². The zero-order valence-corrected chi connectivity index (χ0v) is 9.22. The second-order valence-corrected chi connectivity index (χ2v) is 3.79. The van der Waals surface area contributed by atoms with Gasteiger partial charge < -0.3 is 35.0 Å². The van der Waals surface area contributed by atoms with E-state index in [1.54, 1.807) is 0 Å². The molecule has 1 fully saturated rings. The molecule has 7 nitrogen and oxygen atoms in total. The third-order valence-corrected chi connectivity index (χ3v) is 2.60. The van der Waals surface area contributed by atoms with Crippen LogP contribution in [0.15, 0.2) is 12.7 Å². The molecule has 0 aromatic carbocycles. The molecule has 0 saturated carbocycles. The maximum Gasteiger partial charge on any atom is 0.187 e. The van der Waals surface area contributed by atoms with Crippen LogP contribution in [0.25, 0.3) is 0 Å². The summed E-state index contributed by atoms with van der Waals surface area (Å²) in [5.41, 5.74) is 0. The summed E-state index contributed by atoms with van der Waals surface area (Å²) < 4.78 is 10.2. The third kappa shape index (κ3) is 3.23. The minimum absolute atomic E-state index is 0.363. The third-order valence-electron chi connectivity index (χ3n) is 2.60. The molecule has 7 heteroatoms. The number of aliphatic hydroxyl groups excluding tert-OH is 5. The Hall–Kier alpha value is -0.540. The Labute approximate surface area is 98.5 Å². The van der Waals surface area contributed by atoms with Crippen molar-refractivity contribution < 1.29 is 35.0 Å². The van der Waals surface area contributed by atoms with Gasteiger partial charge in [0.15, 0.2) is 6.29 Å². The van der Waals surface area contributed by atoms with Crippen molar-refractivity contribution in [2.75, 3.05) is 13.2 Å². The monoisotopic (exact) mass is 250 g/mol. The molecule has 6 atom stereocenters. The lowest BCUT2D eigenvalue weighted by Gasteiger charge is -2.40. The Bertz CT molecular complexity index is 245. The van der Waals surface area contributed by atoms with E-state index in [4.69, 9.17) is 19.7 Å². The molecule has 1 saturated heterocycles. The zero-order chi connectivity index (χ0) is 13.0. The van der Waals surface area contributed by atoms with Crippen LogP contribution in [-0.2, 0) is 9.47 Å². The van der Waals surface area contributed by atoms with E-state index in [0.29, 0.717) is 0 Å². The number of aliphatic hydroxyl groups is 5. The van der Waals surface area contributed by atoms with Crippen molar-refractivity contribution in [1.29, 1.82) is 0 Å². The van der Waals surface area contributed by atoms with Gasteiger partial charge in [-0.05, 0) is 0 Å². The van der Waals surface area contributed by atoms with E-state index in [0.717, 1.165) is 0 Å². The van der Waals surface area contributed by atoms with Gasteiger partial charge in [0.2, 0.25) is 0 Å². The van der Waals surface area contributed by atoms with Gasteiger partial charge in [-0.3, -0.25) is 0 Å². The second-order valence-electron chi connectivity index (χ2n) is 3.79. The lowest BCUT2D eigenvalue weighted by atomic mass is 9.99. The SMILES string of the molecule is C=CC(CO)O[C@@H]1OC(CO)[C@@H](O)C(O)C1O. The summed E-state index contributed by atoms with van der Waals surface area (Å²) in [5.74, 6) is 0. The first-order valence-corrected chi connectivity index (χ1v) is 5.24. The molecule has 17 heavy (non-hydrogen) atoms. The summed E-state index contributed by atoms with van der Waals surface area (Å²) in [6.07, 6.45) is -6.12. The van der Waals surface area contributed by atoms with E-state index < -0.39 is 43.4 Å². The van der Waals surface area contributed by atoms with Crippen LogP contribution in [0.2, 0.25) is 0 Å². The Balaban J connectivity index is 2.68. The molecule has 0 spiro atoms. The van der Waals surface area contributed by atoms with E-state index in [-0.39, 0.29) is 6.61 Å². The van der Waals surface area contributed by atoms with Crippen molar-refractivity contribution in [2.24, 2.45) is 0 Å². The number of hydrogen-bond donors (Lipinski definition) is 5. The number of ether oxygens (including phenoxy) is 2. The van der Waals surface area contributed by atoms with E-state index in [1.165, 1.54) is 6.08 Å². The molecule has 1 rings (SSSR count). The number of hydrogen-bond acceptors (Lipinski definition) is 7. The van der Waals surface area contributed by atoms with Gasteiger partial charge >= 0.3 is 0 Å². The van der Waals surface area contributed by atoms with Gasteiger partial charge in [-0.1, -0.05) is 6.08 Å². The highest BCUT2D eigenvalue weighted by Gasteiger charge is 2.44. The van der Waals surface area contributed by atoms with Crippen LogP contribution in [0.4, 0.5) is 0 Å². The highest BCUT2D eigenvalue weighted by Crippen LogP contribution is 2.22. The molecule has 1 heterocycles. The first-order chi connectivity index (χ1) is 8.04. The van der Waals surface area contributed by atoms with Gasteiger partial charge in [0.1, 0.15) is 30.5 Å².